The second kappa shape index (κ2) is 4.38. The van der Waals surface area contributed by atoms with Gasteiger partial charge < -0.3 is 0 Å². The van der Waals surface area contributed by atoms with Gasteiger partial charge in [-0.1, -0.05) is 0 Å². The highest BCUT2D eigenvalue weighted by molar-refractivity contribution is 7.89. The SMILES string of the molecule is O=S(=O)(CC1CCCC1(F)F)NC12CCC(CC1)C2. The van der Waals surface area contributed by atoms with Crippen molar-refractivity contribution in [3.05, 3.63) is 0 Å². The zero-order valence-corrected chi connectivity index (χ0v) is 11.8. The smallest absolute Gasteiger partial charge is 0.212 e. The van der Waals surface area contributed by atoms with Crippen LogP contribution in [0.1, 0.15) is 51.4 Å². The van der Waals surface area contributed by atoms with Crippen LogP contribution < -0.4 is 4.72 Å². The molecule has 2 bridgehead atoms. The van der Waals surface area contributed by atoms with E-state index in [0.717, 1.165) is 32.1 Å². The molecule has 1 unspecified atom stereocenters. The Labute approximate surface area is 113 Å². The summed E-state index contributed by atoms with van der Waals surface area (Å²) in [5.41, 5.74) is -0.308. The van der Waals surface area contributed by atoms with Crippen molar-refractivity contribution in [1.29, 1.82) is 0 Å². The molecule has 19 heavy (non-hydrogen) atoms. The summed E-state index contributed by atoms with van der Waals surface area (Å²) in [6, 6.07) is 0. The first kappa shape index (κ1) is 13.7. The zero-order valence-electron chi connectivity index (χ0n) is 11.0. The summed E-state index contributed by atoms with van der Waals surface area (Å²) in [5, 5.41) is 0. The van der Waals surface area contributed by atoms with E-state index in [1.54, 1.807) is 0 Å². The van der Waals surface area contributed by atoms with Gasteiger partial charge in [-0.05, 0) is 50.9 Å². The number of halogens is 2. The van der Waals surface area contributed by atoms with Crippen LogP contribution in [0, 0.1) is 11.8 Å². The summed E-state index contributed by atoms with van der Waals surface area (Å²) in [5.74, 6) is -3.58. The van der Waals surface area contributed by atoms with Gasteiger partial charge in [0.05, 0.1) is 5.75 Å². The number of fused-ring (bicyclic) bond motifs is 2. The summed E-state index contributed by atoms with van der Waals surface area (Å²) >= 11 is 0. The molecule has 0 saturated heterocycles. The Kier molecular flexibility index (Phi) is 3.17. The molecule has 3 fully saturated rings. The molecule has 3 nitrogen and oxygen atoms in total. The van der Waals surface area contributed by atoms with Crippen molar-refractivity contribution in [2.75, 3.05) is 5.75 Å². The number of nitrogens with one attached hydrogen (secondary N) is 1. The van der Waals surface area contributed by atoms with E-state index in [-0.39, 0.29) is 12.0 Å². The van der Waals surface area contributed by atoms with Crippen LogP contribution in [0.5, 0.6) is 0 Å². The number of hydrogen-bond acceptors (Lipinski definition) is 2. The third-order valence-electron chi connectivity index (χ3n) is 5.19. The van der Waals surface area contributed by atoms with E-state index in [9.17, 15) is 17.2 Å². The van der Waals surface area contributed by atoms with Gasteiger partial charge in [-0.25, -0.2) is 21.9 Å². The molecule has 0 aromatic rings. The second-order valence-corrected chi connectivity index (χ2v) is 8.43. The summed E-state index contributed by atoms with van der Waals surface area (Å²) < 4.78 is 54.2. The summed E-state index contributed by atoms with van der Waals surface area (Å²) in [4.78, 5) is 0. The average molecular weight is 293 g/mol. The lowest BCUT2D eigenvalue weighted by Crippen LogP contribution is -2.47. The van der Waals surface area contributed by atoms with Crippen molar-refractivity contribution in [1.82, 2.24) is 4.72 Å². The van der Waals surface area contributed by atoms with Crippen molar-refractivity contribution in [2.24, 2.45) is 11.8 Å². The van der Waals surface area contributed by atoms with E-state index in [1.165, 1.54) is 0 Å². The van der Waals surface area contributed by atoms with Gasteiger partial charge in [-0.3, -0.25) is 0 Å². The average Bonchev–Trinajstić information content (AvgIpc) is 2.93. The van der Waals surface area contributed by atoms with E-state index in [1.807, 2.05) is 0 Å². The lowest BCUT2D eigenvalue weighted by atomic mass is 9.95. The van der Waals surface area contributed by atoms with Crippen LogP contribution in [0.3, 0.4) is 0 Å². The van der Waals surface area contributed by atoms with Crippen LogP contribution in [-0.2, 0) is 10.0 Å². The van der Waals surface area contributed by atoms with Gasteiger partial charge in [0.2, 0.25) is 10.0 Å². The molecular formula is C13H21F2NO2S. The highest BCUT2D eigenvalue weighted by Crippen LogP contribution is 2.48. The van der Waals surface area contributed by atoms with Crippen molar-refractivity contribution in [2.45, 2.75) is 62.8 Å². The molecule has 0 spiro atoms. The highest BCUT2D eigenvalue weighted by atomic mass is 32.2. The molecule has 3 aliphatic rings. The third-order valence-corrected chi connectivity index (χ3v) is 6.78. The first-order valence-corrected chi connectivity index (χ1v) is 8.85. The zero-order chi connectivity index (χ0) is 13.7. The Bertz CT molecular complexity index is 455. The van der Waals surface area contributed by atoms with Gasteiger partial charge in [0.15, 0.2) is 0 Å². The van der Waals surface area contributed by atoms with Crippen LogP contribution in [0.4, 0.5) is 8.78 Å². The molecule has 0 aromatic heterocycles. The molecular weight excluding hydrogens is 272 g/mol. The molecule has 0 heterocycles. The minimum Gasteiger partial charge on any atom is -0.212 e. The predicted molar refractivity (Wildman–Crippen MR) is 68.5 cm³/mol. The van der Waals surface area contributed by atoms with Crippen molar-refractivity contribution >= 4 is 10.0 Å². The van der Waals surface area contributed by atoms with Gasteiger partial charge in [-0.15, -0.1) is 0 Å². The van der Waals surface area contributed by atoms with Crippen LogP contribution in [0.2, 0.25) is 0 Å². The van der Waals surface area contributed by atoms with Gasteiger partial charge in [0, 0.05) is 17.9 Å². The van der Waals surface area contributed by atoms with Gasteiger partial charge in [0.1, 0.15) is 0 Å². The van der Waals surface area contributed by atoms with Gasteiger partial charge in [0.25, 0.3) is 5.92 Å². The Hall–Kier alpha value is -0.230. The molecule has 0 amide bonds. The molecule has 1 N–H and O–H groups in total. The van der Waals surface area contributed by atoms with Crippen LogP contribution in [-0.4, -0.2) is 25.6 Å². The normalized spacial score (nSPS) is 40.9. The Morgan fingerprint density at radius 1 is 1.11 bits per heavy atom. The molecule has 110 valence electrons. The fourth-order valence-corrected chi connectivity index (χ4v) is 6.15. The van der Waals surface area contributed by atoms with Crippen molar-refractivity contribution in [3.8, 4) is 0 Å². The largest absolute Gasteiger partial charge is 0.251 e. The fourth-order valence-electron chi connectivity index (χ4n) is 4.18. The van der Waals surface area contributed by atoms with E-state index >= 15 is 0 Å². The summed E-state index contributed by atoms with van der Waals surface area (Å²) in [6.07, 6.45) is 5.37. The van der Waals surface area contributed by atoms with Crippen LogP contribution in [0.25, 0.3) is 0 Å². The van der Waals surface area contributed by atoms with Gasteiger partial charge in [-0.2, -0.15) is 0 Å². The predicted octanol–water partition coefficient (Wildman–Crippen LogP) is 2.67. The fraction of sp³-hybridized carbons (Fsp3) is 1.00. The minimum atomic E-state index is -3.59. The maximum absolute atomic E-state index is 13.5. The van der Waals surface area contributed by atoms with Crippen LogP contribution in [0.15, 0.2) is 0 Å². The van der Waals surface area contributed by atoms with E-state index in [4.69, 9.17) is 0 Å². The molecule has 3 saturated carbocycles. The minimum absolute atomic E-state index is 0.166. The second-order valence-electron chi connectivity index (χ2n) is 6.66. The Morgan fingerprint density at radius 2 is 1.79 bits per heavy atom. The topological polar surface area (TPSA) is 46.2 Å². The molecule has 3 aliphatic carbocycles. The van der Waals surface area contributed by atoms with E-state index < -0.39 is 27.6 Å². The Balaban J connectivity index is 1.67. The number of hydrogen-bond donors (Lipinski definition) is 1. The first-order chi connectivity index (χ1) is 8.80. The third kappa shape index (κ3) is 2.66. The standard InChI is InChI=1S/C13H21F2NO2S/c14-13(15)5-1-2-11(13)9-19(17,18)16-12-6-3-10(8-12)4-7-12/h10-11,16H,1-9H2. The summed E-state index contributed by atoms with van der Waals surface area (Å²) in [6.45, 7) is 0. The quantitative estimate of drug-likeness (QED) is 0.866. The van der Waals surface area contributed by atoms with Crippen molar-refractivity contribution in [3.63, 3.8) is 0 Å². The molecule has 0 aliphatic heterocycles. The van der Waals surface area contributed by atoms with E-state index in [0.29, 0.717) is 18.8 Å². The summed E-state index contributed by atoms with van der Waals surface area (Å²) in [7, 11) is -3.59. The number of alkyl halides is 2. The van der Waals surface area contributed by atoms with Gasteiger partial charge >= 0.3 is 0 Å². The Morgan fingerprint density at radius 3 is 2.26 bits per heavy atom. The van der Waals surface area contributed by atoms with Crippen LogP contribution >= 0.6 is 0 Å². The molecule has 0 radical (unpaired) electrons. The highest BCUT2D eigenvalue weighted by Gasteiger charge is 2.49. The molecule has 1 atom stereocenters. The van der Waals surface area contributed by atoms with Crippen molar-refractivity contribution < 1.29 is 17.2 Å². The van der Waals surface area contributed by atoms with E-state index in [2.05, 4.69) is 4.72 Å². The lowest BCUT2D eigenvalue weighted by Gasteiger charge is -2.29. The molecule has 6 heteroatoms. The number of rotatable bonds is 4. The lowest BCUT2D eigenvalue weighted by molar-refractivity contribution is -0.0289. The molecule has 3 rings (SSSR count). The first-order valence-electron chi connectivity index (χ1n) is 7.20. The maximum Gasteiger partial charge on any atom is 0.251 e. The number of sulfonamides is 1. The maximum atomic E-state index is 13.5. The monoisotopic (exact) mass is 293 g/mol. The molecule has 0 aromatic carbocycles.